The zero-order valence-corrected chi connectivity index (χ0v) is 6.80. The quantitative estimate of drug-likeness (QED) is 0.713. The highest BCUT2D eigenvalue weighted by Crippen LogP contribution is 2.36. The maximum atomic E-state index is 12.5. The number of nitrogen functional groups attached to an aromatic ring is 1. The number of anilines is 1. The van der Waals surface area contributed by atoms with Crippen molar-refractivity contribution in [1.82, 2.24) is 5.16 Å². The molecule has 0 saturated carbocycles. The summed E-state index contributed by atoms with van der Waals surface area (Å²) in [4.78, 5) is 0. The van der Waals surface area contributed by atoms with Gasteiger partial charge in [0.2, 0.25) is 0 Å². The molecule has 3 nitrogen and oxygen atoms in total. The smallest absolute Gasteiger partial charge is 0.380 e. The van der Waals surface area contributed by atoms with Gasteiger partial charge < -0.3 is 10.3 Å². The maximum Gasteiger partial charge on any atom is 0.417 e. The van der Waals surface area contributed by atoms with Crippen molar-refractivity contribution in [1.29, 1.82) is 0 Å². The fourth-order valence-electron chi connectivity index (χ4n) is 1.25. The number of hydrogen-bond acceptors (Lipinski definition) is 3. The highest BCUT2D eigenvalue weighted by Gasteiger charge is 2.34. The van der Waals surface area contributed by atoms with E-state index in [4.69, 9.17) is 5.73 Å². The summed E-state index contributed by atoms with van der Waals surface area (Å²) in [6.45, 7) is 0. The molecule has 1 aromatic heterocycles. The number of alkyl halides is 3. The second-order valence-electron chi connectivity index (χ2n) is 2.74. The molecule has 14 heavy (non-hydrogen) atoms. The van der Waals surface area contributed by atoms with E-state index in [1.165, 1.54) is 12.1 Å². The molecule has 0 aliphatic heterocycles. The lowest BCUT2D eigenvalue weighted by atomic mass is 10.1. The van der Waals surface area contributed by atoms with E-state index in [0.29, 0.717) is 0 Å². The molecule has 0 spiro atoms. The summed E-state index contributed by atoms with van der Waals surface area (Å²) < 4.78 is 42.0. The Labute approximate surface area is 76.3 Å². The van der Waals surface area contributed by atoms with Gasteiger partial charge in [0.15, 0.2) is 11.4 Å². The normalized spacial score (nSPS) is 12.2. The molecule has 0 unspecified atom stereocenters. The van der Waals surface area contributed by atoms with Crippen LogP contribution in [0.3, 0.4) is 0 Å². The number of benzene rings is 1. The summed E-state index contributed by atoms with van der Waals surface area (Å²) in [6, 6.07) is 3.57. The topological polar surface area (TPSA) is 52.0 Å². The third kappa shape index (κ3) is 1.19. The van der Waals surface area contributed by atoms with Gasteiger partial charge in [0.1, 0.15) is 0 Å². The van der Waals surface area contributed by atoms with Crippen LogP contribution in [0.1, 0.15) is 5.56 Å². The molecule has 0 amide bonds. The van der Waals surface area contributed by atoms with Crippen molar-refractivity contribution in [2.45, 2.75) is 6.18 Å². The average molecular weight is 202 g/mol. The first-order valence-electron chi connectivity index (χ1n) is 3.71. The fraction of sp³-hybridized carbons (Fsp3) is 0.125. The molecule has 74 valence electrons. The first-order valence-corrected chi connectivity index (χ1v) is 3.71. The number of aromatic nitrogens is 1. The van der Waals surface area contributed by atoms with Gasteiger partial charge in [-0.25, -0.2) is 0 Å². The largest absolute Gasteiger partial charge is 0.417 e. The van der Waals surface area contributed by atoms with Crippen LogP contribution in [-0.4, -0.2) is 5.16 Å². The Kier molecular flexibility index (Phi) is 1.67. The van der Waals surface area contributed by atoms with E-state index in [2.05, 4.69) is 9.68 Å². The van der Waals surface area contributed by atoms with Crippen molar-refractivity contribution >= 4 is 16.8 Å². The predicted molar refractivity (Wildman–Crippen MR) is 43.4 cm³/mol. The van der Waals surface area contributed by atoms with E-state index >= 15 is 0 Å². The van der Waals surface area contributed by atoms with Crippen molar-refractivity contribution < 1.29 is 17.7 Å². The van der Waals surface area contributed by atoms with Crippen molar-refractivity contribution in [2.75, 3.05) is 5.73 Å². The summed E-state index contributed by atoms with van der Waals surface area (Å²) in [5.74, 6) is -0.243. The molecule has 2 N–H and O–H groups in total. The number of halogens is 3. The van der Waals surface area contributed by atoms with Gasteiger partial charge in [-0.05, 0) is 12.1 Å². The highest BCUT2D eigenvalue weighted by molar-refractivity contribution is 5.90. The van der Waals surface area contributed by atoms with Crippen LogP contribution in [0.5, 0.6) is 0 Å². The number of hydrogen-bond donors (Lipinski definition) is 1. The van der Waals surface area contributed by atoms with Gasteiger partial charge in [-0.15, -0.1) is 0 Å². The number of rotatable bonds is 0. The molecule has 0 aliphatic rings. The first-order chi connectivity index (χ1) is 6.50. The molecule has 0 radical (unpaired) electrons. The summed E-state index contributed by atoms with van der Waals surface area (Å²) in [5, 5.41) is 3.09. The Hall–Kier alpha value is -1.72. The van der Waals surface area contributed by atoms with Crippen LogP contribution >= 0.6 is 0 Å². The molecular weight excluding hydrogens is 197 g/mol. The second-order valence-corrected chi connectivity index (χ2v) is 2.74. The van der Waals surface area contributed by atoms with E-state index < -0.39 is 11.7 Å². The Morgan fingerprint density at radius 3 is 2.64 bits per heavy atom. The van der Waals surface area contributed by atoms with Gasteiger partial charge in [0, 0.05) is 0 Å². The lowest BCUT2D eigenvalue weighted by molar-refractivity contribution is -0.136. The van der Waals surface area contributed by atoms with E-state index in [1.54, 1.807) is 0 Å². The lowest BCUT2D eigenvalue weighted by Crippen LogP contribution is -2.05. The summed E-state index contributed by atoms with van der Waals surface area (Å²) in [5.41, 5.74) is 4.48. The Morgan fingerprint density at radius 2 is 2.00 bits per heavy atom. The third-order valence-electron chi connectivity index (χ3n) is 1.83. The Bertz CT molecular complexity index is 475. The van der Waals surface area contributed by atoms with Crippen LogP contribution in [0.2, 0.25) is 0 Å². The van der Waals surface area contributed by atoms with Gasteiger partial charge >= 0.3 is 6.18 Å². The van der Waals surface area contributed by atoms with Crippen LogP contribution < -0.4 is 5.73 Å². The zero-order chi connectivity index (χ0) is 10.3. The Morgan fingerprint density at radius 1 is 1.29 bits per heavy atom. The van der Waals surface area contributed by atoms with Crippen LogP contribution in [0.15, 0.2) is 22.7 Å². The molecule has 0 aliphatic carbocycles. The van der Waals surface area contributed by atoms with Gasteiger partial charge in [0.05, 0.1) is 10.9 Å². The zero-order valence-electron chi connectivity index (χ0n) is 6.80. The summed E-state index contributed by atoms with van der Waals surface area (Å²) in [6.07, 6.45) is -4.45. The minimum atomic E-state index is -4.45. The number of nitrogens with two attached hydrogens (primary N) is 1. The minimum Gasteiger partial charge on any atom is -0.380 e. The first kappa shape index (κ1) is 8.86. The monoisotopic (exact) mass is 202 g/mol. The molecular formula is C8H5F3N2O. The summed E-state index contributed by atoms with van der Waals surface area (Å²) >= 11 is 0. The standard InChI is InChI=1S/C8H5F3N2O/c9-8(10,11)4-2-1-3-5-6(4)7(12)13-14-5/h1-3H,(H2,12,13). The van der Waals surface area contributed by atoms with Gasteiger partial charge in [-0.1, -0.05) is 11.2 Å². The fourth-order valence-corrected chi connectivity index (χ4v) is 1.25. The van der Waals surface area contributed by atoms with E-state index in [1.807, 2.05) is 0 Å². The minimum absolute atomic E-state index is 0.0392. The summed E-state index contributed by atoms with van der Waals surface area (Å²) in [7, 11) is 0. The molecule has 0 bridgehead atoms. The molecule has 0 saturated heterocycles. The van der Waals surface area contributed by atoms with Crippen molar-refractivity contribution in [3.8, 4) is 0 Å². The van der Waals surface area contributed by atoms with E-state index in [9.17, 15) is 13.2 Å². The van der Waals surface area contributed by atoms with Gasteiger partial charge in [0.25, 0.3) is 0 Å². The van der Waals surface area contributed by atoms with Crippen molar-refractivity contribution in [2.24, 2.45) is 0 Å². The molecule has 2 aromatic rings. The van der Waals surface area contributed by atoms with Gasteiger partial charge in [-0.2, -0.15) is 13.2 Å². The van der Waals surface area contributed by atoms with Crippen LogP contribution in [-0.2, 0) is 6.18 Å². The molecule has 1 heterocycles. The molecule has 1 aromatic carbocycles. The molecule has 6 heteroatoms. The van der Waals surface area contributed by atoms with E-state index in [-0.39, 0.29) is 16.8 Å². The second kappa shape index (κ2) is 2.63. The molecule has 2 rings (SSSR count). The lowest BCUT2D eigenvalue weighted by Gasteiger charge is -2.06. The number of fused-ring (bicyclic) bond motifs is 1. The average Bonchev–Trinajstić information content (AvgIpc) is 2.46. The third-order valence-corrected chi connectivity index (χ3v) is 1.83. The van der Waals surface area contributed by atoms with E-state index in [0.717, 1.165) is 6.07 Å². The SMILES string of the molecule is Nc1noc2cccc(C(F)(F)F)c12. The van der Waals surface area contributed by atoms with Crippen LogP contribution in [0.25, 0.3) is 11.0 Å². The van der Waals surface area contributed by atoms with Crippen LogP contribution in [0, 0.1) is 0 Å². The van der Waals surface area contributed by atoms with Crippen LogP contribution in [0.4, 0.5) is 19.0 Å². The maximum absolute atomic E-state index is 12.5. The predicted octanol–water partition coefficient (Wildman–Crippen LogP) is 2.43. The number of nitrogens with zero attached hydrogens (tertiary/aromatic N) is 1. The van der Waals surface area contributed by atoms with Crippen molar-refractivity contribution in [3.63, 3.8) is 0 Å². The molecule has 0 atom stereocenters. The van der Waals surface area contributed by atoms with Crippen molar-refractivity contribution in [3.05, 3.63) is 23.8 Å². The molecule has 0 fully saturated rings. The Balaban J connectivity index is 2.82. The highest BCUT2D eigenvalue weighted by atomic mass is 19.4. The van der Waals surface area contributed by atoms with Gasteiger partial charge in [-0.3, -0.25) is 0 Å².